The third-order valence-corrected chi connectivity index (χ3v) is 5.60. The number of aryl methyl sites for hydroxylation is 2. The van der Waals surface area contributed by atoms with Crippen LogP contribution in [0.4, 0.5) is 11.4 Å². The summed E-state index contributed by atoms with van der Waals surface area (Å²) in [5.41, 5.74) is 4.15. The molecule has 0 bridgehead atoms. The SMILES string of the molecule is CCOc1ccc(Br)cc1C(=O)NC(=S)Nc1ccccc1C(=O)Nc1ccc(C)c(C)c1. The number of benzene rings is 3. The summed E-state index contributed by atoms with van der Waals surface area (Å²) < 4.78 is 6.28. The molecule has 0 aliphatic rings. The third-order valence-electron chi connectivity index (χ3n) is 4.90. The fraction of sp³-hybridized carbons (Fsp3) is 0.160. The molecule has 0 fully saturated rings. The number of halogens is 1. The summed E-state index contributed by atoms with van der Waals surface area (Å²) in [6.45, 7) is 6.27. The molecule has 3 N–H and O–H groups in total. The lowest BCUT2D eigenvalue weighted by molar-refractivity contribution is 0.0973. The van der Waals surface area contributed by atoms with Gasteiger partial charge in [0.1, 0.15) is 5.75 Å². The van der Waals surface area contributed by atoms with E-state index in [1.165, 1.54) is 0 Å². The molecule has 0 spiro atoms. The highest BCUT2D eigenvalue weighted by Gasteiger charge is 2.17. The van der Waals surface area contributed by atoms with Gasteiger partial charge >= 0.3 is 0 Å². The molecular formula is C25H24BrN3O3S. The first kappa shape index (κ1) is 24.4. The number of nitrogens with one attached hydrogen (secondary N) is 3. The van der Waals surface area contributed by atoms with Gasteiger partial charge < -0.3 is 15.4 Å². The highest BCUT2D eigenvalue weighted by atomic mass is 79.9. The maximum absolute atomic E-state index is 12.9. The van der Waals surface area contributed by atoms with E-state index in [1.54, 1.807) is 42.5 Å². The van der Waals surface area contributed by atoms with Gasteiger partial charge in [-0.3, -0.25) is 14.9 Å². The van der Waals surface area contributed by atoms with Crippen molar-refractivity contribution < 1.29 is 14.3 Å². The Balaban J connectivity index is 1.73. The van der Waals surface area contributed by atoms with Crippen LogP contribution in [-0.2, 0) is 0 Å². The van der Waals surface area contributed by atoms with E-state index in [9.17, 15) is 9.59 Å². The Bertz CT molecular complexity index is 1210. The van der Waals surface area contributed by atoms with Crippen molar-refractivity contribution in [3.05, 3.63) is 87.4 Å². The van der Waals surface area contributed by atoms with E-state index in [-0.39, 0.29) is 11.0 Å². The van der Waals surface area contributed by atoms with Gasteiger partial charge in [-0.2, -0.15) is 0 Å². The zero-order valence-corrected chi connectivity index (χ0v) is 20.9. The van der Waals surface area contributed by atoms with Crippen LogP contribution in [0.5, 0.6) is 5.75 Å². The van der Waals surface area contributed by atoms with Crippen LogP contribution in [0.3, 0.4) is 0 Å². The van der Waals surface area contributed by atoms with Crippen LogP contribution in [0.1, 0.15) is 38.8 Å². The standard InChI is InChI=1S/C25H24BrN3O3S/c1-4-32-22-12-10-17(26)14-20(22)24(31)29-25(33)28-21-8-6-5-7-19(21)23(30)27-18-11-9-15(2)16(3)13-18/h5-14H,4H2,1-3H3,(H,27,30)(H2,28,29,31,33). The number of ether oxygens (including phenoxy) is 1. The molecule has 8 heteroatoms. The van der Waals surface area contributed by atoms with Gasteiger partial charge in [0.25, 0.3) is 11.8 Å². The number of thiocarbonyl (C=S) groups is 1. The Labute approximate surface area is 206 Å². The van der Waals surface area contributed by atoms with Gasteiger partial charge in [0.15, 0.2) is 5.11 Å². The van der Waals surface area contributed by atoms with Crippen molar-refractivity contribution in [3.63, 3.8) is 0 Å². The fourth-order valence-corrected chi connectivity index (χ4v) is 3.66. The largest absolute Gasteiger partial charge is 0.493 e. The molecule has 0 atom stereocenters. The Hall–Kier alpha value is -3.23. The van der Waals surface area contributed by atoms with E-state index in [0.29, 0.717) is 34.9 Å². The Morgan fingerprint density at radius 2 is 1.67 bits per heavy atom. The average Bonchev–Trinajstić information content (AvgIpc) is 2.78. The van der Waals surface area contributed by atoms with Crippen LogP contribution in [0, 0.1) is 13.8 Å². The van der Waals surface area contributed by atoms with Gasteiger partial charge in [-0.25, -0.2) is 0 Å². The lowest BCUT2D eigenvalue weighted by Gasteiger charge is -2.15. The summed E-state index contributed by atoms with van der Waals surface area (Å²) >= 11 is 8.70. The molecule has 0 heterocycles. The summed E-state index contributed by atoms with van der Waals surface area (Å²) in [7, 11) is 0. The second-order valence-corrected chi connectivity index (χ2v) is 8.60. The molecule has 2 amide bonds. The van der Waals surface area contributed by atoms with Crippen molar-refractivity contribution in [1.29, 1.82) is 0 Å². The summed E-state index contributed by atoms with van der Waals surface area (Å²) in [5, 5.41) is 8.57. The highest BCUT2D eigenvalue weighted by Crippen LogP contribution is 2.24. The number of carbonyl (C=O) groups is 2. The third kappa shape index (κ3) is 6.40. The van der Waals surface area contributed by atoms with Crippen molar-refractivity contribution in [1.82, 2.24) is 5.32 Å². The fourth-order valence-electron chi connectivity index (χ4n) is 3.09. The monoisotopic (exact) mass is 525 g/mol. The normalized spacial score (nSPS) is 10.3. The van der Waals surface area contributed by atoms with Crippen molar-refractivity contribution in [3.8, 4) is 5.75 Å². The van der Waals surface area contributed by atoms with Gasteiger partial charge in [-0.05, 0) is 86.6 Å². The molecule has 3 aromatic carbocycles. The van der Waals surface area contributed by atoms with Crippen molar-refractivity contribution >= 4 is 56.4 Å². The molecule has 0 aromatic heterocycles. The minimum atomic E-state index is -0.422. The van der Waals surface area contributed by atoms with E-state index in [2.05, 4.69) is 31.9 Å². The van der Waals surface area contributed by atoms with E-state index in [4.69, 9.17) is 17.0 Å². The molecule has 0 unspecified atom stereocenters. The minimum absolute atomic E-state index is 0.0638. The van der Waals surface area contributed by atoms with Crippen LogP contribution in [-0.4, -0.2) is 23.5 Å². The number of rotatable bonds is 6. The van der Waals surface area contributed by atoms with Gasteiger partial charge in [0.2, 0.25) is 0 Å². The maximum Gasteiger partial charge on any atom is 0.261 e. The lowest BCUT2D eigenvalue weighted by atomic mass is 10.1. The smallest absolute Gasteiger partial charge is 0.261 e. The second kappa shape index (κ2) is 11.1. The van der Waals surface area contributed by atoms with Gasteiger partial charge in [-0.15, -0.1) is 0 Å². The molecule has 33 heavy (non-hydrogen) atoms. The Kier molecular flexibility index (Phi) is 8.19. The van der Waals surface area contributed by atoms with Crippen molar-refractivity contribution in [2.45, 2.75) is 20.8 Å². The first-order chi connectivity index (χ1) is 15.8. The zero-order valence-electron chi connectivity index (χ0n) is 18.5. The number of carbonyl (C=O) groups excluding carboxylic acids is 2. The van der Waals surface area contributed by atoms with E-state index in [1.807, 2.05) is 39.0 Å². The van der Waals surface area contributed by atoms with Crippen molar-refractivity contribution in [2.24, 2.45) is 0 Å². The second-order valence-electron chi connectivity index (χ2n) is 7.28. The summed E-state index contributed by atoms with van der Waals surface area (Å²) in [6.07, 6.45) is 0. The van der Waals surface area contributed by atoms with Gasteiger partial charge in [-0.1, -0.05) is 34.1 Å². The minimum Gasteiger partial charge on any atom is -0.493 e. The molecule has 170 valence electrons. The number of amides is 2. The molecule has 0 radical (unpaired) electrons. The molecule has 6 nitrogen and oxygen atoms in total. The maximum atomic E-state index is 12.9. The van der Waals surface area contributed by atoms with E-state index < -0.39 is 5.91 Å². The summed E-state index contributed by atoms with van der Waals surface area (Å²) in [5.74, 6) is -0.260. The first-order valence-electron chi connectivity index (χ1n) is 10.3. The number of para-hydroxylation sites is 1. The predicted octanol–water partition coefficient (Wildman–Crippen LogP) is 5.84. The zero-order chi connectivity index (χ0) is 24.0. The average molecular weight is 526 g/mol. The van der Waals surface area contributed by atoms with Gasteiger partial charge in [0, 0.05) is 10.2 Å². The number of hydrogen-bond acceptors (Lipinski definition) is 4. The quantitative estimate of drug-likeness (QED) is 0.352. The Morgan fingerprint density at radius 1 is 0.909 bits per heavy atom. The molecule has 0 saturated carbocycles. The topological polar surface area (TPSA) is 79.5 Å². The molecular weight excluding hydrogens is 502 g/mol. The molecule has 3 rings (SSSR count). The van der Waals surface area contributed by atoms with Crippen LogP contribution in [0.2, 0.25) is 0 Å². The Morgan fingerprint density at radius 3 is 2.39 bits per heavy atom. The summed E-state index contributed by atoms with van der Waals surface area (Å²) in [4.78, 5) is 25.7. The molecule has 0 saturated heterocycles. The molecule has 0 aliphatic heterocycles. The number of anilines is 2. The van der Waals surface area contributed by atoms with Crippen LogP contribution < -0.4 is 20.7 Å². The van der Waals surface area contributed by atoms with Crippen LogP contribution >= 0.6 is 28.1 Å². The van der Waals surface area contributed by atoms with Crippen molar-refractivity contribution in [2.75, 3.05) is 17.2 Å². The lowest BCUT2D eigenvalue weighted by Crippen LogP contribution is -2.35. The molecule has 3 aromatic rings. The van der Waals surface area contributed by atoms with E-state index >= 15 is 0 Å². The molecule has 0 aliphatic carbocycles. The summed E-state index contributed by atoms with van der Waals surface area (Å²) in [6, 6.07) is 17.8. The van der Waals surface area contributed by atoms with Crippen LogP contribution in [0.15, 0.2) is 65.1 Å². The van der Waals surface area contributed by atoms with E-state index in [0.717, 1.165) is 15.6 Å². The predicted molar refractivity (Wildman–Crippen MR) is 139 cm³/mol. The van der Waals surface area contributed by atoms with Crippen LogP contribution in [0.25, 0.3) is 0 Å². The first-order valence-corrected chi connectivity index (χ1v) is 11.5. The number of hydrogen-bond donors (Lipinski definition) is 3. The highest BCUT2D eigenvalue weighted by molar-refractivity contribution is 9.10. The van der Waals surface area contributed by atoms with Gasteiger partial charge in [0.05, 0.1) is 23.4 Å².